The van der Waals surface area contributed by atoms with Crippen LogP contribution in [0.2, 0.25) is 0 Å². The Morgan fingerprint density at radius 3 is 2.42 bits per heavy atom. The first kappa shape index (κ1) is 28.9. The second-order valence-corrected chi connectivity index (χ2v) is 9.47. The number of benzene rings is 2. The summed E-state index contributed by atoms with van der Waals surface area (Å²) in [6.45, 7) is 4.06. The molecule has 10 heteroatoms. The van der Waals surface area contributed by atoms with Crippen molar-refractivity contribution in [2.45, 2.75) is 63.2 Å². The zero-order chi connectivity index (χ0) is 27.9. The summed E-state index contributed by atoms with van der Waals surface area (Å²) in [5.41, 5.74) is -0.523. The predicted octanol–water partition coefficient (Wildman–Crippen LogP) is 4.54. The molecule has 0 aromatic heterocycles. The van der Waals surface area contributed by atoms with E-state index < -0.39 is 28.6 Å². The van der Waals surface area contributed by atoms with Crippen LogP contribution >= 0.6 is 0 Å². The Hall–Kier alpha value is -3.71. The molecule has 1 heterocycles. The highest BCUT2D eigenvalue weighted by molar-refractivity contribution is 5.59. The SMILES string of the molecule is CCC(C)C(C#N)(CCC(O)C(CC1COc2ccccc2O1)[N+](=O)[O-])c1ccc(OC)c(OC)c1OC. The van der Waals surface area contributed by atoms with E-state index in [1.54, 1.807) is 30.3 Å². The van der Waals surface area contributed by atoms with Crippen molar-refractivity contribution in [1.82, 2.24) is 0 Å². The molecule has 0 amide bonds. The summed E-state index contributed by atoms with van der Waals surface area (Å²) in [7, 11) is 4.49. The number of aliphatic hydroxyl groups is 1. The van der Waals surface area contributed by atoms with Gasteiger partial charge in [-0.2, -0.15) is 5.26 Å². The van der Waals surface area contributed by atoms with Crippen LogP contribution in [0.15, 0.2) is 36.4 Å². The molecule has 1 aliphatic heterocycles. The van der Waals surface area contributed by atoms with Crippen LogP contribution in [0.3, 0.4) is 0 Å². The van der Waals surface area contributed by atoms with Gasteiger partial charge in [0.25, 0.3) is 0 Å². The van der Waals surface area contributed by atoms with Crippen molar-refractivity contribution in [2.24, 2.45) is 5.92 Å². The number of nitriles is 1. The van der Waals surface area contributed by atoms with Crippen LogP contribution in [0.1, 0.15) is 45.1 Å². The molecule has 5 unspecified atom stereocenters. The van der Waals surface area contributed by atoms with Crippen LogP contribution in [-0.2, 0) is 5.41 Å². The molecule has 1 aliphatic rings. The van der Waals surface area contributed by atoms with Gasteiger partial charge in [-0.1, -0.05) is 32.4 Å². The van der Waals surface area contributed by atoms with Crippen LogP contribution in [0.5, 0.6) is 28.7 Å². The lowest BCUT2D eigenvalue weighted by atomic mass is 9.67. The molecule has 0 spiro atoms. The van der Waals surface area contributed by atoms with Gasteiger partial charge >= 0.3 is 0 Å². The van der Waals surface area contributed by atoms with Gasteiger partial charge in [0.2, 0.25) is 11.8 Å². The Kier molecular flexibility index (Phi) is 9.64. The van der Waals surface area contributed by atoms with Crippen LogP contribution in [0.25, 0.3) is 0 Å². The number of fused-ring (bicyclic) bond motifs is 1. The Balaban J connectivity index is 1.86. The highest BCUT2D eigenvalue weighted by atomic mass is 16.6. The topological polar surface area (TPSA) is 133 Å². The van der Waals surface area contributed by atoms with Crippen molar-refractivity contribution in [2.75, 3.05) is 27.9 Å². The fourth-order valence-electron chi connectivity index (χ4n) is 5.07. The van der Waals surface area contributed by atoms with E-state index in [2.05, 4.69) is 6.07 Å². The molecule has 10 nitrogen and oxygen atoms in total. The van der Waals surface area contributed by atoms with Crippen molar-refractivity contribution < 1.29 is 33.7 Å². The molecule has 0 fully saturated rings. The Morgan fingerprint density at radius 1 is 1.16 bits per heavy atom. The number of rotatable bonds is 13. The van der Waals surface area contributed by atoms with Crippen molar-refractivity contribution in [1.29, 1.82) is 5.26 Å². The lowest BCUT2D eigenvalue weighted by molar-refractivity contribution is -0.537. The third-order valence-corrected chi connectivity index (χ3v) is 7.46. The van der Waals surface area contributed by atoms with E-state index in [4.69, 9.17) is 23.7 Å². The third kappa shape index (κ3) is 5.73. The van der Waals surface area contributed by atoms with Crippen molar-refractivity contribution in [3.8, 4) is 34.8 Å². The van der Waals surface area contributed by atoms with Crippen LogP contribution < -0.4 is 23.7 Å². The average Bonchev–Trinajstić information content (AvgIpc) is 2.95. The second-order valence-electron chi connectivity index (χ2n) is 9.47. The van der Waals surface area contributed by atoms with E-state index in [-0.39, 0.29) is 31.8 Å². The molecule has 206 valence electrons. The number of hydrogen-bond acceptors (Lipinski definition) is 9. The predicted molar refractivity (Wildman–Crippen MR) is 140 cm³/mol. The highest BCUT2D eigenvalue weighted by Crippen LogP contribution is 2.49. The quantitative estimate of drug-likeness (QED) is 0.294. The summed E-state index contributed by atoms with van der Waals surface area (Å²) in [5.74, 6) is 2.11. The van der Waals surface area contributed by atoms with Gasteiger partial charge in [-0.15, -0.1) is 0 Å². The number of nitrogens with zero attached hydrogens (tertiary/aromatic N) is 2. The van der Waals surface area contributed by atoms with Gasteiger partial charge in [0.1, 0.15) is 18.8 Å². The van der Waals surface area contributed by atoms with Gasteiger partial charge in [0.15, 0.2) is 23.0 Å². The van der Waals surface area contributed by atoms with Gasteiger partial charge in [-0.3, -0.25) is 10.1 Å². The lowest BCUT2D eigenvalue weighted by Gasteiger charge is -2.35. The van der Waals surface area contributed by atoms with Gasteiger partial charge in [0.05, 0.1) is 39.2 Å². The maximum Gasteiger partial charge on any atom is 0.242 e. The number of nitro groups is 1. The van der Waals surface area contributed by atoms with Crippen molar-refractivity contribution in [3.63, 3.8) is 0 Å². The second kappa shape index (κ2) is 12.7. The molecule has 38 heavy (non-hydrogen) atoms. The van der Waals surface area contributed by atoms with Gasteiger partial charge in [0, 0.05) is 10.5 Å². The van der Waals surface area contributed by atoms with E-state index in [0.29, 0.717) is 40.7 Å². The summed E-state index contributed by atoms with van der Waals surface area (Å²) < 4.78 is 28.2. The zero-order valence-electron chi connectivity index (χ0n) is 22.5. The standard InChI is InChI=1S/C28H36N2O8/c1-6-18(2)28(17-29,20-11-12-25(34-3)27(36-5)26(20)35-4)14-13-22(31)21(30(32)33)15-19-16-37-23-9-7-8-10-24(23)38-19/h7-12,18-19,21-22,31H,6,13-16H2,1-5H3. The monoisotopic (exact) mass is 528 g/mol. The number of para-hydroxylation sites is 2. The number of ether oxygens (including phenoxy) is 5. The van der Waals surface area contributed by atoms with Gasteiger partial charge in [-0.05, 0) is 43.0 Å². The molecule has 0 saturated heterocycles. The average molecular weight is 529 g/mol. The molecule has 2 aromatic rings. The Morgan fingerprint density at radius 2 is 1.84 bits per heavy atom. The minimum Gasteiger partial charge on any atom is -0.493 e. The minimum atomic E-state index is -1.31. The van der Waals surface area contributed by atoms with E-state index in [1.807, 2.05) is 19.9 Å². The highest BCUT2D eigenvalue weighted by Gasteiger charge is 2.43. The first-order valence-corrected chi connectivity index (χ1v) is 12.7. The number of aliphatic hydroxyl groups excluding tert-OH is 1. The maximum atomic E-state index is 12.0. The van der Waals surface area contributed by atoms with E-state index in [0.717, 1.165) is 0 Å². The minimum absolute atomic E-state index is 0.0191. The molecule has 1 N–H and O–H groups in total. The number of hydrogen-bond donors (Lipinski definition) is 1. The molecule has 0 aliphatic carbocycles. The molecular formula is C28H36N2O8. The summed E-state index contributed by atoms with van der Waals surface area (Å²) in [5, 5.41) is 33.6. The Bertz CT molecular complexity index is 1150. The van der Waals surface area contributed by atoms with Gasteiger partial charge < -0.3 is 28.8 Å². The summed E-state index contributed by atoms with van der Waals surface area (Å²) >= 11 is 0. The summed E-state index contributed by atoms with van der Waals surface area (Å²) in [6, 6.07) is 11.8. The summed E-state index contributed by atoms with van der Waals surface area (Å²) in [4.78, 5) is 11.5. The third-order valence-electron chi connectivity index (χ3n) is 7.46. The molecule has 0 radical (unpaired) electrons. The van der Waals surface area contributed by atoms with Crippen LogP contribution in [0.4, 0.5) is 0 Å². The fourth-order valence-corrected chi connectivity index (χ4v) is 5.07. The van der Waals surface area contributed by atoms with E-state index in [9.17, 15) is 20.5 Å². The summed E-state index contributed by atoms with van der Waals surface area (Å²) in [6.07, 6.45) is -1.09. The zero-order valence-corrected chi connectivity index (χ0v) is 22.5. The number of methoxy groups -OCH3 is 3. The molecule has 0 saturated carbocycles. The molecule has 2 aromatic carbocycles. The molecule has 0 bridgehead atoms. The Labute approximate surface area is 223 Å². The van der Waals surface area contributed by atoms with E-state index in [1.165, 1.54) is 21.3 Å². The first-order valence-electron chi connectivity index (χ1n) is 12.7. The molecular weight excluding hydrogens is 492 g/mol. The van der Waals surface area contributed by atoms with Crippen molar-refractivity contribution in [3.05, 3.63) is 52.1 Å². The largest absolute Gasteiger partial charge is 0.493 e. The van der Waals surface area contributed by atoms with Crippen molar-refractivity contribution >= 4 is 0 Å². The first-order chi connectivity index (χ1) is 18.3. The van der Waals surface area contributed by atoms with Gasteiger partial charge in [-0.25, -0.2) is 0 Å². The van der Waals surface area contributed by atoms with Crippen LogP contribution in [-0.4, -0.2) is 56.2 Å². The van der Waals surface area contributed by atoms with Crippen LogP contribution in [0, 0.1) is 27.4 Å². The molecule has 3 rings (SSSR count). The molecule has 5 atom stereocenters. The normalized spacial score (nSPS) is 18.3. The maximum absolute atomic E-state index is 12.0. The fraction of sp³-hybridized carbons (Fsp3) is 0.536. The van der Waals surface area contributed by atoms with E-state index >= 15 is 0 Å². The smallest absolute Gasteiger partial charge is 0.242 e. The lowest BCUT2D eigenvalue weighted by Crippen LogP contribution is -2.42.